The van der Waals surface area contributed by atoms with Gasteiger partial charge < -0.3 is 4.18 Å². The van der Waals surface area contributed by atoms with E-state index in [0.29, 0.717) is 12.3 Å². The standard InChI is InChI=1S/C9H8BrFN2O2S/c1-2-14-16-15-9-8(11)12-7-4-3-6(10)5-13(7)9/h3-5H,2H2,1H3. The summed E-state index contributed by atoms with van der Waals surface area (Å²) in [5.41, 5.74) is 0.479. The summed E-state index contributed by atoms with van der Waals surface area (Å²) in [6, 6.07) is 3.46. The first-order valence-corrected chi connectivity index (χ1v) is 5.97. The Bertz CT molecular complexity index is 505. The molecule has 0 radical (unpaired) electrons. The van der Waals surface area contributed by atoms with Crippen LogP contribution in [0.4, 0.5) is 4.39 Å². The highest BCUT2D eigenvalue weighted by Gasteiger charge is 2.14. The van der Waals surface area contributed by atoms with E-state index in [1.165, 1.54) is 4.40 Å². The Balaban J connectivity index is 2.34. The highest BCUT2D eigenvalue weighted by Crippen LogP contribution is 2.24. The number of hydrogen-bond acceptors (Lipinski definition) is 4. The fourth-order valence-corrected chi connectivity index (χ4v) is 1.84. The van der Waals surface area contributed by atoms with Crippen molar-refractivity contribution in [1.82, 2.24) is 9.38 Å². The molecule has 0 N–H and O–H groups in total. The smallest absolute Gasteiger partial charge is 0.277 e. The van der Waals surface area contributed by atoms with Crippen LogP contribution >= 0.6 is 28.3 Å². The van der Waals surface area contributed by atoms with Gasteiger partial charge in [-0.25, -0.2) is 0 Å². The van der Waals surface area contributed by atoms with E-state index in [4.69, 9.17) is 8.37 Å². The predicted molar refractivity (Wildman–Crippen MR) is 62.7 cm³/mol. The van der Waals surface area contributed by atoms with Crippen molar-refractivity contribution in [1.29, 1.82) is 0 Å². The molecule has 0 unspecified atom stereocenters. The van der Waals surface area contributed by atoms with Crippen molar-refractivity contribution in [2.24, 2.45) is 0 Å². The maximum atomic E-state index is 13.4. The summed E-state index contributed by atoms with van der Waals surface area (Å²) < 4.78 is 25.7. The van der Waals surface area contributed by atoms with Gasteiger partial charge in [0.1, 0.15) is 5.65 Å². The van der Waals surface area contributed by atoms with Crippen LogP contribution < -0.4 is 4.18 Å². The van der Waals surface area contributed by atoms with E-state index in [-0.39, 0.29) is 5.88 Å². The predicted octanol–water partition coefficient (Wildman–Crippen LogP) is 3.21. The Hall–Kier alpha value is -0.790. The molecule has 2 aromatic heterocycles. The zero-order valence-corrected chi connectivity index (χ0v) is 10.7. The van der Waals surface area contributed by atoms with Crippen molar-refractivity contribution in [2.45, 2.75) is 6.92 Å². The van der Waals surface area contributed by atoms with Gasteiger partial charge in [-0.3, -0.25) is 8.58 Å². The Morgan fingerprint density at radius 1 is 1.56 bits per heavy atom. The van der Waals surface area contributed by atoms with Crippen molar-refractivity contribution in [3.63, 3.8) is 0 Å². The number of nitrogens with zero attached hydrogens (tertiary/aromatic N) is 2. The average Bonchev–Trinajstić information content (AvgIpc) is 2.56. The van der Waals surface area contributed by atoms with E-state index < -0.39 is 5.95 Å². The molecule has 0 fully saturated rings. The van der Waals surface area contributed by atoms with Gasteiger partial charge in [-0.15, -0.1) is 0 Å². The molecule has 0 atom stereocenters. The number of pyridine rings is 1. The summed E-state index contributed by atoms with van der Waals surface area (Å²) in [6.07, 6.45) is 1.67. The molecular weight excluding hydrogens is 299 g/mol. The molecule has 0 aromatic carbocycles. The second-order valence-electron chi connectivity index (χ2n) is 2.84. The Kier molecular flexibility index (Phi) is 3.67. The van der Waals surface area contributed by atoms with E-state index in [9.17, 15) is 4.39 Å². The molecule has 0 saturated heterocycles. The third-order valence-electron chi connectivity index (χ3n) is 1.78. The van der Waals surface area contributed by atoms with Crippen LogP contribution in [0.2, 0.25) is 0 Å². The van der Waals surface area contributed by atoms with Gasteiger partial charge in [0.25, 0.3) is 11.8 Å². The molecule has 2 heterocycles. The monoisotopic (exact) mass is 306 g/mol. The number of halogens is 2. The zero-order valence-electron chi connectivity index (χ0n) is 8.31. The first-order valence-electron chi connectivity index (χ1n) is 4.51. The van der Waals surface area contributed by atoms with Gasteiger partial charge in [-0.2, -0.15) is 9.37 Å². The van der Waals surface area contributed by atoms with E-state index in [2.05, 4.69) is 20.9 Å². The minimum absolute atomic E-state index is 0.0229. The first kappa shape index (κ1) is 11.7. The van der Waals surface area contributed by atoms with Gasteiger partial charge >= 0.3 is 0 Å². The van der Waals surface area contributed by atoms with Crippen LogP contribution in [0.25, 0.3) is 5.65 Å². The fourth-order valence-electron chi connectivity index (χ4n) is 1.15. The SMILES string of the molecule is CCOSOc1c(F)nc2ccc(Br)cn12. The first-order chi connectivity index (χ1) is 7.72. The third kappa shape index (κ3) is 2.31. The van der Waals surface area contributed by atoms with Crippen LogP contribution in [-0.4, -0.2) is 16.0 Å². The van der Waals surface area contributed by atoms with Crippen LogP contribution in [-0.2, 0) is 4.18 Å². The van der Waals surface area contributed by atoms with Crippen molar-refractivity contribution in [3.05, 3.63) is 28.7 Å². The second-order valence-corrected chi connectivity index (χ2v) is 4.30. The third-order valence-corrected chi connectivity index (χ3v) is 2.80. The van der Waals surface area contributed by atoms with E-state index in [1.807, 2.05) is 6.92 Å². The van der Waals surface area contributed by atoms with Gasteiger partial charge in [0.2, 0.25) is 12.3 Å². The molecule has 0 aliphatic rings. The Morgan fingerprint density at radius 3 is 3.12 bits per heavy atom. The van der Waals surface area contributed by atoms with Crippen LogP contribution in [0.3, 0.4) is 0 Å². The summed E-state index contributed by atoms with van der Waals surface area (Å²) in [5.74, 6) is -0.639. The van der Waals surface area contributed by atoms with E-state index >= 15 is 0 Å². The quantitative estimate of drug-likeness (QED) is 0.642. The fraction of sp³-hybridized carbons (Fsp3) is 0.222. The topological polar surface area (TPSA) is 35.8 Å². The highest BCUT2D eigenvalue weighted by atomic mass is 79.9. The molecule has 4 nitrogen and oxygen atoms in total. The molecule has 0 aliphatic heterocycles. The minimum Gasteiger partial charge on any atom is -0.376 e. The normalized spacial score (nSPS) is 10.9. The second kappa shape index (κ2) is 5.03. The number of rotatable bonds is 4. The lowest BCUT2D eigenvalue weighted by molar-refractivity contribution is 0.361. The van der Waals surface area contributed by atoms with Gasteiger partial charge in [-0.05, 0) is 35.0 Å². The summed E-state index contributed by atoms with van der Waals surface area (Å²) in [5, 5.41) is 0. The number of fused-ring (bicyclic) bond motifs is 1. The lowest BCUT2D eigenvalue weighted by atomic mass is 10.5. The largest absolute Gasteiger partial charge is 0.376 e. The molecule has 0 bridgehead atoms. The maximum Gasteiger partial charge on any atom is 0.277 e. The van der Waals surface area contributed by atoms with Crippen LogP contribution in [0.15, 0.2) is 22.8 Å². The lowest BCUT2D eigenvalue weighted by Crippen LogP contribution is -1.92. The van der Waals surface area contributed by atoms with E-state index in [1.54, 1.807) is 18.3 Å². The molecule has 2 rings (SSSR count). The Morgan fingerprint density at radius 2 is 2.38 bits per heavy atom. The van der Waals surface area contributed by atoms with Crippen molar-refractivity contribution in [3.8, 4) is 5.88 Å². The molecule has 86 valence electrons. The molecule has 0 aliphatic carbocycles. The van der Waals surface area contributed by atoms with Gasteiger partial charge in [0, 0.05) is 10.7 Å². The summed E-state index contributed by atoms with van der Waals surface area (Å²) in [4.78, 5) is 3.71. The van der Waals surface area contributed by atoms with Crippen LogP contribution in [0, 0.1) is 5.95 Å². The minimum atomic E-state index is -0.662. The Labute approximate surface area is 104 Å². The number of aromatic nitrogens is 2. The van der Waals surface area contributed by atoms with Gasteiger partial charge in [0.15, 0.2) is 0 Å². The van der Waals surface area contributed by atoms with Gasteiger partial charge in [-0.1, -0.05) is 0 Å². The molecule has 0 amide bonds. The van der Waals surface area contributed by atoms with E-state index in [0.717, 1.165) is 16.8 Å². The van der Waals surface area contributed by atoms with Gasteiger partial charge in [0.05, 0.1) is 6.61 Å². The summed E-state index contributed by atoms with van der Waals surface area (Å²) in [7, 11) is 0. The van der Waals surface area contributed by atoms with Crippen molar-refractivity contribution < 1.29 is 12.8 Å². The molecular formula is C9H8BrFN2O2S. The van der Waals surface area contributed by atoms with Crippen molar-refractivity contribution in [2.75, 3.05) is 6.61 Å². The average molecular weight is 307 g/mol. The molecule has 2 aromatic rings. The van der Waals surface area contributed by atoms with Crippen LogP contribution in [0.1, 0.15) is 6.92 Å². The number of imidazole rings is 1. The summed E-state index contributed by atoms with van der Waals surface area (Å²) in [6.45, 7) is 2.30. The molecule has 7 heteroatoms. The maximum absolute atomic E-state index is 13.4. The lowest BCUT2D eigenvalue weighted by Gasteiger charge is -2.02. The summed E-state index contributed by atoms with van der Waals surface area (Å²) >= 11 is 4.02. The number of hydrogen-bond donors (Lipinski definition) is 0. The highest BCUT2D eigenvalue weighted by molar-refractivity contribution is 9.10. The van der Waals surface area contributed by atoms with Crippen molar-refractivity contribution >= 4 is 33.9 Å². The zero-order chi connectivity index (χ0) is 11.5. The molecule has 16 heavy (non-hydrogen) atoms. The van der Waals surface area contributed by atoms with Crippen LogP contribution in [0.5, 0.6) is 5.88 Å². The molecule has 0 spiro atoms. The molecule has 0 saturated carbocycles.